The van der Waals surface area contributed by atoms with Crippen LogP contribution >= 0.6 is 0 Å². The number of amides is 2. The number of piperazine rings is 1. The molecule has 1 aliphatic heterocycles. The fourth-order valence-electron chi connectivity index (χ4n) is 4.73. The number of aromatic amines is 1. The molecular formula is C26H35N9O5S. The fourth-order valence-corrected chi connectivity index (χ4v) is 6.13. The lowest BCUT2D eigenvalue weighted by Crippen LogP contribution is -2.48. The standard InChI is InChI=1S/C26H35N9O5S/c1-4-8-18(24-28-9-7-10-29-24)21-20(22(23(27)36)33-32-21)25(37)31-19-15-17(16-30-26(19)40-6-3)41(38,39)35-13-11-34(5-2)12-14-35/h7,9-10,15-16,18H,4-6,8,11-14H2,1-3H3,(H2,27,36)(H,31,37)(H,32,33). The molecule has 1 saturated heterocycles. The van der Waals surface area contributed by atoms with Crippen LogP contribution in [0.1, 0.15) is 71.9 Å². The molecule has 3 aromatic rings. The Kier molecular flexibility index (Phi) is 9.62. The summed E-state index contributed by atoms with van der Waals surface area (Å²) in [7, 11) is -3.90. The predicted octanol–water partition coefficient (Wildman–Crippen LogP) is 1.60. The molecule has 4 heterocycles. The van der Waals surface area contributed by atoms with Crippen molar-refractivity contribution in [3.05, 3.63) is 53.5 Å². The minimum Gasteiger partial charge on any atom is -0.476 e. The molecule has 0 spiro atoms. The number of rotatable bonds is 12. The van der Waals surface area contributed by atoms with Gasteiger partial charge < -0.3 is 20.7 Å². The molecule has 0 aliphatic carbocycles. The van der Waals surface area contributed by atoms with Gasteiger partial charge in [0.1, 0.15) is 16.4 Å². The summed E-state index contributed by atoms with van der Waals surface area (Å²) in [5, 5.41) is 9.50. The minimum absolute atomic E-state index is 0.0238. The number of anilines is 1. The Hall–Kier alpha value is -3.95. The molecule has 4 N–H and O–H groups in total. The topological polar surface area (TPSA) is 189 Å². The van der Waals surface area contributed by atoms with Crippen molar-refractivity contribution in [2.75, 3.05) is 44.6 Å². The molecule has 3 aromatic heterocycles. The number of carbonyl (C=O) groups excluding carboxylic acids is 2. The summed E-state index contributed by atoms with van der Waals surface area (Å²) in [6.07, 6.45) is 5.66. The molecule has 15 heteroatoms. The Balaban J connectivity index is 1.72. The van der Waals surface area contributed by atoms with E-state index in [1.54, 1.807) is 25.4 Å². The fraction of sp³-hybridized carbons (Fsp3) is 0.462. The molecule has 14 nitrogen and oxygen atoms in total. The van der Waals surface area contributed by atoms with E-state index < -0.39 is 27.8 Å². The van der Waals surface area contributed by atoms with Crippen molar-refractivity contribution in [1.29, 1.82) is 0 Å². The molecule has 0 aromatic carbocycles. The maximum Gasteiger partial charge on any atom is 0.270 e. The van der Waals surface area contributed by atoms with Crippen LogP contribution in [0.4, 0.5) is 5.69 Å². The van der Waals surface area contributed by atoms with E-state index >= 15 is 0 Å². The summed E-state index contributed by atoms with van der Waals surface area (Å²) in [6.45, 7) is 8.70. The summed E-state index contributed by atoms with van der Waals surface area (Å²) in [5.74, 6) is -1.67. The van der Waals surface area contributed by atoms with Crippen LogP contribution in [0.3, 0.4) is 0 Å². The molecule has 41 heavy (non-hydrogen) atoms. The largest absolute Gasteiger partial charge is 0.476 e. The maximum absolute atomic E-state index is 13.8. The van der Waals surface area contributed by atoms with Crippen LogP contribution in [-0.2, 0) is 10.0 Å². The second kappa shape index (κ2) is 13.1. The van der Waals surface area contributed by atoms with Crippen LogP contribution in [0.15, 0.2) is 35.6 Å². The second-order valence-electron chi connectivity index (χ2n) is 9.42. The molecule has 2 amide bonds. The Morgan fingerprint density at radius 2 is 1.83 bits per heavy atom. The lowest BCUT2D eigenvalue weighted by atomic mass is 9.94. The molecule has 1 atom stereocenters. The molecule has 0 saturated carbocycles. The summed E-state index contributed by atoms with van der Waals surface area (Å²) >= 11 is 0. The van der Waals surface area contributed by atoms with Gasteiger partial charge in [-0.25, -0.2) is 23.4 Å². The number of likely N-dealkylation sites (N-methyl/N-ethyl adjacent to an activating group) is 1. The summed E-state index contributed by atoms with van der Waals surface area (Å²) in [4.78, 5) is 41.0. The van der Waals surface area contributed by atoms with Crippen molar-refractivity contribution in [2.24, 2.45) is 5.73 Å². The molecule has 0 bridgehead atoms. The number of nitrogens with zero attached hydrogens (tertiary/aromatic N) is 6. The SMILES string of the molecule is CCCC(c1ncccn1)c1[nH]nc(C(N)=O)c1C(=O)Nc1cc(S(=O)(=O)N2CCN(CC)CC2)cnc1OCC. The van der Waals surface area contributed by atoms with E-state index in [1.807, 2.05) is 13.8 Å². The third-order valence-corrected chi connectivity index (χ3v) is 8.71. The average molecular weight is 586 g/mol. The Morgan fingerprint density at radius 1 is 1.12 bits per heavy atom. The molecule has 0 radical (unpaired) electrons. The van der Waals surface area contributed by atoms with Crippen LogP contribution in [0, 0.1) is 0 Å². The number of nitrogens with two attached hydrogens (primary N) is 1. The van der Waals surface area contributed by atoms with Crippen LogP contribution in [-0.4, -0.2) is 93.9 Å². The van der Waals surface area contributed by atoms with Crippen molar-refractivity contribution in [3.8, 4) is 5.88 Å². The van der Waals surface area contributed by atoms with E-state index in [-0.39, 0.29) is 34.3 Å². The van der Waals surface area contributed by atoms with Crippen LogP contribution in [0.25, 0.3) is 0 Å². The molecule has 220 valence electrons. The van der Waals surface area contributed by atoms with E-state index in [0.29, 0.717) is 44.1 Å². The van der Waals surface area contributed by atoms with Gasteiger partial charge in [-0.3, -0.25) is 14.7 Å². The lowest BCUT2D eigenvalue weighted by Gasteiger charge is -2.33. The minimum atomic E-state index is -3.90. The van der Waals surface area contributed by atoms with Gasteiger partial charge in [0.25, 0.3) is 11.8 Å². The first kappa shape index (κ1) is 30.0. The van der Waals surface area contributed by atoms with Crippen molar-refractivity contribution in [2.45, 2.75) is 44.4 Å². The molecule has 1 aliphatic rings. The smallest absolute Gasteiger partial charge is 0.270 e. The summed E-state index contributed by atoms with van der Waals surface area (Å²) in [5.41, 5.74) is 5.56. The van der Waals surface area contributed by atoms with Gasteiger partial charge in [-0.1, -0.05) is 20.3 Å². The van der Waals surface area contributed by atoms with Gasteiger partial charge >= 0.3 is 0 Å². The van der Waals surface area contributed by atoms with Gasteiger partial charge in [0.2, 0.25) is 15.9 Å². The zero-order valence-corrected chi connectivity index (χ0v) is 24.1. The number of H-pyrrole nitrogens is 1. The van der Waals surface area contributed by atoms with E-state index in [0.717, 1.165) is 13.0 Å². The third kappa shape index (κ3) is 6.52. The number of nitrogens with one attached hydrogen (secondary N) is 2. The Labute approximate surface area is 238 Å². The van der Waals surface area contributed by atoms with Crippen LogP contribution < -0.4 is 15.8 Å². The van der Waals surface area contributed by atoms with Crippen molar-refractivity contribution >= 4 is 27.5 Å². The summed E-state index contributed by atoms with van der Waals surface area (Å²) in [6, 6.07) is 2.99. The van der Waals surface area contributed by atoms with E-state index in [2.05, 4.69) is 35.4 Å². The number of sulfonamides is 1. The van der Waals surface area contributed by atoms with E-state index in [4.69, 9.17) is 10.5 Å². The first-order valence-corrected chi connectivity index (χ1v) is 15.0. The summed E-state index contributed by atoms with van der Waals surface area (Å²) < 4.78 is 33.9. The van der Waals surface area contributed by atoms with Gasteiger partial charge in [-0.2, -0.15) is 9.40 Å². The van der Waals surface area contributed by atoms with Crippen LogP contribution in [0.2, 0.25) is 0 Å². The highest BCUT2D eigenvalue weighted by atomic mass is 32.2. The number of hydrogen-bond acceptors (Lipinski definition) is 10. The number of primary amides is 1. The van der Waals surface area contributed by atoms with Gasteiger partial charge in [-0.15, -0.1) is 0 Å². The average Bonchev–Trinajstić information content (AvgIpc) is 3.43. The zero-order chi connectivity index (χ0) is 29.6. The zero-order valence-electron chi connectivity index (χ0n) is 23.3. The quantitative estimate of drug-likeness (QED) is 0.281. The predicted molar refractivity (Wildman–Crippen MR) is 150 cm³/mol. The van der Waals surface area contributed by atoms with Crippen molar-refractivity contribution in [1.82, 2.24) is 34.4 Å². The second-order valence-corrected chi connectivity index (χ2v) is 11.4. The Bertz CT molecular complexity index is 1470. The molecule has 1 fully saturated rings. The third-order valence-electron chi connectivity index (χ3n) is 6.85. The van der Waals surface area contributed by atoms with Gasteiger partial charge in [0.15, 0.2) is 5.69 Å². The number of hydrogen-bond donors (Lipinski definition) is 3. The lowest BCUT2D eigenvalue weighted by molar-refractivity contribution is 0.0973. The van der Waals surface area contributed by atoms with Gasteiger partial charge in [0, 0.05) is 38.6 Å². The Morgan fingerprint density at radius 3 is 2.44 bits per heavy atom. The highest BCUT2D eigenvalue weighted by Gasteiger charge is 2.32. The van der Waals surface area contributed by atoms with Crippen LogP contribution in [0.5, 0.6) is 5.88 Å². The van der Waals surface area contributed by atoms with Gasteiger partial charge in [0.05, 0.1) is 30.0 Å². The van der Waals surface area contributed by atoms with E-state index in [1.165, 1.54) is 16.6 Å². The van der Waals surface area contributed by atoms with Crippen molar-refractivity contribution < 1.29 is 22.7 Å². The first-order chi connectivity index (χ1) is 19.7. The number of pyridine rings is 1. The first-order valence-electron chi connectivity index (χ1n) is 13.5. The van der Waals surface area contributed by atoms with E-state index in [9.17, 15) is 18.0 Å². The van der Waals surface area contributed by atoms with Gasteiger partial charge in [-0.05, 0) is 32.0 Å². The highest BCUT2D eigenvalue weighted by Crippen LogP contribution is 2.32. The highest BCUT2D eigenvalue weighted by molar-refractivity contribution is 7.89. The number of aromatic nitrogens is 5. The maximum atomic E-state index is 13.8. The normalized spacial score (nSPS) is 15.4. The molecule has 1 unspecified atom stereocenters. The van der Waals surface area contributed by atoms with Crippen molar-refractivity contribution in [3.63, 3.8) is 0 Å². The molecular weight excluding hydrogens is 550 g/mol. The number of carbonyl (C=O) groups is 2. The monoisotopic (exact) mass is 585 g/mol. The molecule has 4 rings (SSSR count). The number of ether oxygens (including phenoxy) is 1.